The van der Waals surface area contributed by atoms with Crippen molar-refractivity contribution in [1.29, 1.82) is 0 Å². The fourth-order valence-electron chi connectivity index (χ4n) is 4.79. The number of aryl methyl sites for hydroxylation is 1. The monoisotopic (exact) mass is 298 g/mol. The Labute approximate surface area is 133 Å². The number of hydrogen-bond acceptors (Lipinski definition) is 2. The minimum absolute atomic E-state index is 0.351. The molecule has 1 aromatic rings. The molecule has 118 valence electrons. The van der Waals surface area contributed by atoms with Crippen LogP contribution in [0.5, 0.6) is 0 Å². The van der Waals surface area contributed by atoms with Crippen LogP contribution in [0, 0.1) is 24.7 Å². The third kappa shape index (κ3) is 2.51. The molecule has 3 heteroatoms. The van der Waals surface area contributed by atoms with Gasteiger partial charge in [-0.15, -0.1) is 0 Å². The zero-order valence-electron chi connectivity index (χ0n) is 13.5. The molecule has 1 aromatic carbocycles. The number of carbonyl (C=O) groups is 1. The van der Waals surface area contributed by atoms with Gasteiger partial charge in [-0.3, -0.25) is 4.79 Å². The maximum absolute atomic E-state index is 12.8. The molecule has 3 atom stereocenters. The fourth-order valence-corrected chi connectivity index (χ4v) is 4.79. The van der Waals surface area contributed by atoms with E-state index in [4.69, 9.17) is 0 Å². The van der Waals surface area contributed by atoms with Crippen molar-refractivity contribution < 1.29 is 4.79 Å². The molecule has 0 spiro atoms. The molecular formula is C19H26N2O. The minimum Gasteiger partial charge on any atom is -0.368 e. The van der Waals surface area contributed by atoms with E-state index in [1.54, 1.807) is 0 Å². The molecule has 1 heterocycles. The molecule has 4 rings (SSSR count). The van der Waals surface area contributed by atoms with Gasteiger partial charge in [-0.05, 0) is 55.7 Å². The summed E-state index contributed by atoms with van der Waals surface area (Å²) in [6.07, 6.45) is 5.15. The predicted molar refractivity (Wildman–Crippen MR) is 88.9 cm³/mol. The van der Waals surface area contributed by atoms with Crippen LogP contribution in [0.15, 0.2) is 24.3 Å². The number of piperazine rings is 1. The molecule has 1 aliphatic heterocycles. The van der Waals surface area contributed by atoms with Gasteiger partial charge in [-0.2, -0.15) is 0 Å². The van der Waals surface area contributed by atoms with Crippen LogP contribution in [0.25, 0.3) is 0 Å². The average Bonchev–Trinajstić information content (AvgIpc) is 3.17. The van der Waals surface area contributed by atoms with Gasteiger partial charge >= 0.3 is 0 Å². The number of fused-ring (bicyclic) bond motifs is 2. The SMILES string of the molecule is Cc1cccc(N2CCN(C(=O)C3CC4CCC3C4)CC2)c1. The van der Waals surface area contributed by atoms with Gasteiger partial charge in [0, 0.05) is 37.8 Å². The van der Waals surface area contributed by atoms with Crippen LogP contribution in [-0.2, 0) is 4.79 Å². The summed E-state index contributed by atoms with van der Waals surface area (Å²) in [7, 11) is 0. The summed E-state index contributed by atoms with van der Waals surface area (Å²) in [5, 5.41) is 0. The number of anilines is 1. The van der Waals surface area contributed by atoms with Crippen LogP contribution in [0.2, 0.25) is 0 Å². The predicted octanol–water partition coefficient (Wildman–Crippen LogP) is 3.08. The van der Waals surface area contributed by atoms with E-state index < -0.39 is 0 Å². The summed E-state index contributed by atoms with van der Waals surface area (Å²) in [5.74, 6) is 2.36. The molecule has 22 heavy (non-hydrogen) atoms. The lowest BCUT2D eigenvalue weighted by Crippen LogP contribution is -2.51. The summed E-state index contributed by atoms with van der Waals surface area (Å²) < 4.78 is 0. The number of amides is 1. The number of carbonyl (C=O) groups excluding carboxylic acids is 1. The smallest absolute Gasteiger partial charge is 0.226 e. The Morgan fingerprint density at radius 3 is 2.55 bits per heavy atom. The first kappa shape index (κ1) is 14.1. The highest BCUT2D eigenvalue weighted by atomic mass is 16.2. The van der Waals surface area contributed by atoms with Gasteiger partial charge in [-0.25, -0.2) is 0 Å². The van der Waals surface area contributed by atoms with E-state index in [9.17, 15) is 4.79 Å². The van der Waals surface area contributed by atoms with E-state index in [0.717, 1.165) is 32.1 Å². The minimum atomic E-state index is 0.351. The van der Waals surface area contributed by atoms with Crippen molar-refractivity contribution in [2.24, 2.45) is 17.8 Å². The van der Waals surface area contributed by atoms with Crippen LogP contribution in [0.4, 0.5) is 5.69 Å². The van der Waals surface area contributed by atoms with Crippen molar-refractivity contribution in [3.05, 3.63) is 29.8 Å². The Hall–Kier alpha value is -1.51. The highest BCUT2D eigenvalue weighted by Gasteiger charge is 2.44. The van der Waals surface area contributed by atoms with E-state index >= 15 is 0 Å². The van der Waals surface area contributed by atoms with Gasteiger partial charge in [-0.1, -0.05) is 18.6 Å². The third-order valence-electron chi connectivity index (χ3n) is 6.01. The molecule has 1 saturated heterocycles. The molecule has 3 nitrogen and oxygen atoms in total. The van der Waals surface area contributed by atoms with Crippen LogP contribution < -0.4 is 4.90 Å². The largest absolute Gasteiger partial charge is 0.368 e. The van der Waals surface area contributed by atoms with Crippen molar-refractivity contribution in [2.75, 3.05) is 31.1 Å². The summed E-state index contributed by atoms with van der Waals surface area (Å²) in [6.45, 7) is 5.85. The highest BCUT2D eigenvalue weighted by Crippen LogP contribution is 2.48. The second-order valence-corrected chi connectivity index (χ2v) is 7.43. The molecule has 0 aromatic heterocycles. The Morgan fingerprint density at radius 1 is 1.09 bits per heavy atom. The van der Waals surface area contributed by atoms with Gasteiger partial charge in [0.15, 0.2) is 0 Å². The van der Waals surface area contributed by atoms with Crippen molar-refractivity contribution in [1.82, 2.24) is 4.90 Å². The number of hydrogen-bond donors (Lipinski definition) is 0. The van der Waals surface area contributed by atoms with Gasteiger partial charge < -0.3 is 9.80 Å². The Kier molecular flexibility index (Phi) is 3.59. The number of benzene rings is 1. The zero-order chi connectivity index (χ0) is 15.1. The Bertz CT molecular complexity index is 562. The summed E-state index contributed by atoms with van der Waals surface area (Å²) >= 11 is 0. The number of rotatable bonds is 2. The van der Waals surface area contributed by atoms with Crippen LogP contribution in [-0.4, -0.2) is 37.0 Å². The van der Waals surface area contributed by atoms with Gasteiger partial charge in [0.05, 0.1) is 0 Å². The van der Waals surface area contributed by atoms with Crippen molar-refractivity contribution in [3.8, 4) is 0 Å². The second kappa shape index (κ2) is 5.60. The first-order chi connectivity index (χ1) is 10.7. The molecule has 3 fully saturated rings. The number of nitrogens with zero attached hydrogens (tertiary/aromatic N) is 2. The van der Waals surface area contributed by atoms with Gasteiger partial charge in [0.2, 0.25) is 5.91 Å². The van der Waals surface area contributed by atoms with Gasteiger partial charge in [0.1, 0.15) is 0 Å². The Balaban J connectivity index is 1.36. The van der Waals surface area contributed by atoms with Gasteiger partial charge in [0.25, 0.3) is 0 Å². The quantitative estimate of drug-likeness (QED) is 0.838. The van der Waals surface area contributed by atoms with Crippen molar-refractivity contribution >= 4 is 11.6 Å². The molecule has 3 aliphatic rings. The standard InChI is InChI=1S/C19H26N2O/c1-14-3-2-4-17(11-14)20-7-9-21(10-8-20)19(22)18-13-15-5-6-16(18)12-15/h2-4,11,15-16,18H,5-10,12-13H2,1H3. The van der Waals surface area contributed by atoms with E-state index in [-0.39, 0.29) is 0 Å². The summed E-state index contributed by atoms with van der Waals surface area (Å²) in [4.78, 5) is 17.3. The fraction of sp³-hybridized carbons (Fsp3) is 0.632. The normalized spacial score (nSPS) is 30.9. The topological polar surface area (TPSA) is 23.6 Å². The van der Waals surface area contributed by atoms with E-state index in [2.05, 4.69) is 41.0 Å². The average molecular weight is 298 g/mol. The maximum atomic E-state index is 12.8. The lowest BCUT2D eigenvalue weighted by atomic mass is 9.87. The zero-order valence-corrected chi connectivity index (χ0v) is 13.5. The van der Waals surface area contributed by atoms with Crippen molar-refractivity contribution in [2.45, 2.75) is 32.6 Å². The first-order valence-electron chi connectivity index (χ1n) is 8.81. The summed E-state index contributed by atoms with van der Waals surface area (Å²) in [6, 6.07) is 8.68. The summed E-state index contributed by atoms with van der Waals surface area (Å²) in [5.41, 5.74) is 2.60. The molecule has 0 radical (unpaired) electrons. The molecule has 3 unspecified atom stereocenters. The van der Waals surface area contributed by atoms with E-state index in [1.165, 1.54) is 36.9 Å². The Morgan fingerprint density at radius 2 is 1.91 bits per heavy atom. The molecule has 1 amide bonds. The molecular weight excluding hydrogens is 272 g/mol. The van der Waals surface area contributed by atoms with Crippen LogP contribution in [0.1, 0.15) is 31.2 Å². The maximum Gasteiger partial charge on any atom is 0.226 e. The highest BCUT2D eigenvalue weighted by molar-refractivity contribution is 5.80. The van der Waals surface area contributed by atoms with Crippen LogP contribution in [0.3, 0.4) is 0 Å². The molecule has 2 saturated carbocycles. The van der Waals surface area contributed by atoms with E-state index in [1.807, 2.05) is 0 Å². The van der Waals surface area contributed by atoms with Crippen LogP contribution >= 0.6 is 0 Å². The third-order valence-corrected chi connectivity index (χ3v) is 6.01. The molecule has 0 N–H and O–H groups in total. The molecule has 2 aliphatic carbocycles. The lowest BCUT2D eigenvalue weighted by molar-refractivity contribution is -0.137. The lowest BCUT2D eigenvalue weighted by Gasteiger charge is -2.38. The molecule has 2 bridgehead atoms. The first-order valence-corrected chi connectivity index (χ1v) is 8.81. The van der Waals surface area contributed by atoms with Crippen molar-refractivity contribution in [3.63, 3.8) is 0 Å². The van der Waals surface area contributed by atoms with E-state index in [0.29, 0.717) is 17.7 Å². The second-order valence-electron chi connectivity index (χ2n) is 7.43.